The van der Waals surface area contributed by atoms with Gasteiger partial charge in [-0.1, -0.05) is 44.2 Å². The molecule has 1 aromatic heterocycles. The van der Waals surface area contributed by atoms with Crippen LogP contribution in [0.1, 0.15) is 80.1 Å². The Morgan fingerprint density at radius 1 is 0.647 bits per heavy atom. The first kappa shape index (κ1) is 43.2. The fraction of sp³-hybridized carbons (Fsp3) is 0.571. The predicted molar refractivity (Wildman–Crippen MR) is 187 cm³/mol. The highest BCUT2D eigenvalue weighted by atomic mass is 32.2. The summed E-state index contributed by atoms with van der Waals surface area (Å²) in [6, 6.07) is 9.60. The molecule has 1 aromatic carbocycles. The van der Waals surface area contributed by atoms with Crippen LogP contribution < -0.4 is 10.0 Å². The molecule has 2 aromatic rings. The van der Waals surface area contributed by atoms with Gasteiger partial charge in [-0.05, 0) is 55.5 Å². The molecule has 0 fully saturated rings. The average molecular weight is 738 g/mol. The van der Waals surface area contributed by atoms with Gasteiger partial charge in [-0.15, -0.1) is 0 Å². The molecule has 4 N–H and O–H groups in total. The Hall–Kier alpha value is -3.96. The molecule has 0 bridgehead atoms. The lowest BCUT2D eigenvalue weighted by molar-refractivity contribution is -0.142. The molecule has 0 aliphatic carbocycles. The summed E-state index contributed by atoms with van der Waals surface area (Å²) in [5.74, 6) is -2.18. The van der Waals surface area contributed by atoms with E-state index in [4.69, 9.17) is 29.2 Å². The number of carboxylic acids is 2. The van der Waals surface area contributed by atoms with Crippen LogP contribution in [0.2, 0.25) is 0 Å². The zero-order chi connectivity index (χ0) is 37.2. The number of aliphatic carboxylic acids is 2. The Kier molecular flexibility index (Phi) is 21.9. The fourth-order valence-corrected chi connectivity index (χ4v) is 5.69. The smallest absolute Gasteiger partial charge is 0.329 e. The van der Waals surface area contributed by atoms with Crippen molar-refractivity contribution in [3.8, 4) is 0 Å². The van der Waals surface area contributed by atoms with Crippen LogP contribution in [0.4, 0.5) is 5.82 Å². The molecular weight excluding hydrogens is 686 g/mol. The Morgan fingerprint density at radius 3 is 1.92 bits per heavy atom. The van der Waals surface area contributed by atoms with Gasteiger partial charge in [0.2, 0.25) is 0 Å². The van der Waals surface area contributed by atoms with E-state index in [0.717, 1.165) is 56.9 Å². The molecule has 2 rings (SSSR count). The number of pyridine rings is 1. The summed E-state index contributed by atoms with van der Waals surface area (Å²) in [4.78, 5) is 49.3. The van der Waals surface area contributed by atoms with Crippen molar-refractivity contribution in [3.63, 3.8) is 0 Å². The van der Waals surface area contributed by atoms with E-state index in [2.05, 4.69) is 15.0 Å². The number of nitrogens with zero attached hydrogens (tertiary/aromatic N) is 1. The van der Waals surface area contributed by atoms with Crippen LogP contribution in [0.3, 0.4) is 0 Å². The minimum absolute atomic E-state index is 0.0458. The number of aryl methyl sites for hydroxylation is 1. The second kappa shape index (κ2) is 25.9. The average Bonchev–Trinajstić information content (AvgIpc) is 3.09. The van der Waals surface area contributed by atoms with Gasteiger partial charge in [-0.25, -0.2) is 18.2 Å². The van der Waals surface area contributed by atoms with Gasteiger partial charge in [0.05, 0.1) is 43.5 Å². The maximum absolute atomic E-state index is 12.9. The van der Waals surface area contributed by atoms with Crippen molar-refractivity contribution in [2.24, 2.45) is 0 Å². The standard InChI is InChI=1S/C35H51N3O12S/c39-30(10-8-19-47-21-24-50-27-34(42)43)26-49-23-22-48-20-18-36-35(44)29-14-17-32(37-25-29)38-51(45,46)31-15-12-28(13-16-31)9-6-4-2-1-3-5-7-11-33(40)41/h12-17,25H,1-11,18-24,26-27H2,(H,36,44)(H,37,38)(H,40,41)(H,42,43). The number of amides is 1. The maximum Gasteiger partial charge on any atom is 0.329 e. The number of unbranched alkanes of at least 4 members (excludes halogenated alkanes) is 6. The van der Waals surface area contributed by atoms with E-state index in [1.54, 1.807) is 24.3 Å². The highest BCUT2D eigenvalue weighted by Crippen LogP contribution is 2.17. The number of benzene rings is 1. The van der Waals surface area contributed by atoms with Crippen LogP contribution in [0, 0.1) is 0 Å². The van der Waals surface area contributed by atoms with Gasteiger partial charge >= 0.3 is 11.9 Å². The molecule has 0 saturated carbocycles. The molecule has 0 unspecified atom stereocenters. The minimum Gasteiger partial charge on any atom is -0.481 e. The second-order valence-corrected chi connectivity index (χ2v) is 13.4. The molecule has 1 heterocycles. The van der Waals surface area contributed by atoms with Gasteiger partial charge in [0.1, 0.15) is 19.0 Å². The molecule has 0 aliphatic rings. The third-order valence-corrected chi connectivity index (χ3v) is 8.73. The molecule has 284 valence electrons. The lowest BCUT2D eigenvalue weighted by Gasteiger charge is -2.10. The number of nitrogens with one attached hydrogen (secondary N) is 2. The van der Waals surface area contributed by atoms with E-state index in [-0.39, 0.29) is 81.3 Å². The normalized spacial score (nSPS) is 11.3. The Labute approximate surface area is 299 Å². The van der Waals surface area contributed by atoms with Gasteiger partial charge < -0.3 is 34.5 Å². The fourth-order valence-electron chi connectivity index (χ4n) is 4.68. The molecule has 0 saturated heterocycles. The third kappa shape index (κ3) is 21.1. The van der Waals surface area contributed by atoms with E-state index < -0.39 is 27.9 Å². The summed E-state index contributed by atoms with van der Waals surface area (Å²) in [7, 11) is -3.87. The van der Waals surface area contributed by atoms with E-state index in [0.29, 0.717) is 19.4 Å². The Morgan fingerprint density at radius 2 is 1.27 bits per heavy atom. The van der Waals surface area contributed by atoms with Gasteiger partial charge in [0, 0.05) is 32.2 Å². The van der Waals surface area contributed by atoms with E-state index >= 15 is 0 Å². The zero-order valence-electron chi connectivity index (χ0n) is 29.0. The highest BCUT2D eigenvalue weighted by Gasteiger charge is 2.15. The number of carboxylic acid groups (broad SMARTS) is 2. The van der Waals surface area contributed by atoms with Crippen molar-refractivity contribution in [1.82, 2.24) is 10.3 Å². The summed E-state index contributed by atoms with van der Waals surface area (Å²) in [5.41, 5.74) is 1.30. The van der Waals surface area contributed by atoms with Gasteiger partial charge in [0.15, 0.2) is 5.78 Å². The lowest BCUT2D eigenvalue weighted by Crippen LogP contribution is -2.28. The van der Waals surface area contributed by atoms with Crippen molar-refractivity contribution >= 4 is 39.5 Å². The molecule has 0 spiro atoms. The number of hydrogen-bond acceptors (Lipinski definition) is 11. The van der Waals surface area contributed by atoms with Gasteiger partial charge in [-0.3, -0.25) is 19.1 Å². The number of aromatic nitrogens is 1. The molecule has 0 radical (unpaired) electrons. The number of carbonyl (C=O) groups is 4. The van der Waals surface area contributed by atoms with E-state index in [9.17, 15) is 27.6 Å². The van der Waals surface area contributed by atoms with Crippen LogP contribution in [0.5, 0.6) is 0 Å². The van der Waals surface area contributed by atoms with Crippen LogP contribution in [0.25, 0.3) is 0 Å². The predicted octanol–water partition coefficient (Wildman–Crippen LogP) is 3.86. The number of Topliss-reactive ketones (excluding diaryl/α,β-unsaturated/α-hetero) is 1. The lowest BCUT2D eigenvalue weighted by atomic mass is 10.0. The molecule has 1 amide bonds. The summed E-state index contributed by atoms with van der Waals surface area (Å²) >= 11 is 0. The Balaban J connectivity index is 1.54. The number of hydrogen-bond donors (Lipinski definition) is 4. The number of rotatable bonds is 31. The van der Waals surface area contributed by atoms with Crippen molar-refractivity contribution in [2.45, 2.75) is 75.5 Å². The van der Waals surface area contributed by atoms with Crippen LogP contribution in [-0.4, -0.2) is 107 Å². The van der Waals surface area contributed by atoms with Crippen LogP contribution in [-0.2, 0) is 49.8 Å². The molecule has 0 aliphatic heterocycles. The summed E-state index contributed by atoms with van der Waals surface area (Å²) in [5, 5.41) is 19.8. The summed E-state index contributed by atoms with van der Waals surface area (Å²) in [6.07, 6.45) is 10.1. The molecule has 15 nitrogen and oxygen atoms in total. The number of sulfonamides is 1. The third-order valence-electron chi connectivity index (χ3n) is 7.36. The summed E-state index contributed by atoms with van der Waals surface area (Å²) in [6.45, 7) is 1.26. The number of ether oxygens (including phenoxy) is 4. The molecule has 0 atom stereocenters. The van der Waals surface area contributed by atoms with Crippen molar-refractivity contribution in [1.29, 1.82) is 0 Å². The van der Waals surface area contributed by atoms with Crippen LogP contribution in [0.15, 0.2) is 47.5 Å². The molecule has 16 heteroatoms. The minimum atomic E-state index is -3.87. The van der Waals surface area contributed by atoms with Crippen molar-refractivity contribution in [3.05, 3.63) is 53.7 Å². The second-order valence-electron chi connectivity index (χ2n) is 11.7. The first-order chi connectivity index (χ1) is 24.6. The molecular formula is C35H51N3O12S. The SMILES string of the molecule is O=C(O)CCCCCCCCCc1ccc(S(=O)(=O)Nc2ccc(C(=O)NCCOCCOCC(=O)CCCOCCOCC(=O)O)cn2)cc1. The van der Waals surface area contributed by atoms with Crippen LogP contribution >= 0.6 is 0 Å². The van der Waals surface area contributed by atoms with Crippen molar-refractivity contribution in [2.75, 3.05) is 64.1 Å². The van der Waals surface area contributed by atoms with Gasteiger partial charge in [-0.2, -0.15) is 0 Å². The van der Waals surface area contributed by atoms with E-state index in [1.165, 1.54) is 18.3 Å². The molecule has 51 heavy (non-hydrogen) atoms. The zero-order valence-corrected chi connectivity index (χ0v) is 29.8. The first-order valence-electron chi connectivity index (χ1n) is 17.2. The highest BCUT2D eigenvalue weighted by molar-refractivity contribution is 7.92. The largest absolute Gasteiger partial charge is 0.481 e. The topological polar surface area (TPSA) is 217 Å². The first-order valence-corrected chi connectivity index (χ1v) is 18.7. The van der Waals surface area contributed by atoms with Crippen molar-refractivity contribution < 1.29 is 56.8 Å². The quantitative estimate of drug-likeness (QED) is 0.0810. The maximum atomic E-state index is 12.9. The van der Waals surface area contributed by atoms with E-state index in [1.807, 2.05) is 0 Å². The number of ketones is 1. The Bertz CT molecular complexity index is 1420. The number of anilines is 1. The number of carbonyl (C=O) groups excluding carboxylic acids is 2. The monoisotopic (exact) mass is 737 g/mol. The summed E-state index contributed by atoms with van der Waals surface area (Å²) < 4.78 is 49.0. The van der Waals surface area contributed by atoms with Gasteiger partial charge in [0.25, 0.3) is 15.9 Å².